The number of thiophene rings is 1. The molecule has 1 saturated heterocycles. The van der Waals surface area contributed by atoms with Crippen molar-refractivity contribution >= 4 is 23.2 Å². The first-order valence-electron chi connectivity index (χ1n) is 8.58. The van der Waals surface area contributed by atoms with Crippen molar-refractivity contribution in [2.24, 2.45) is 0 Å². The molecule has 1 unspecified atom stereocenters. The first-order chi connectivity index (χ1) is 12.6. The molecule has 0 saturated carbocycles. The van der Waals surface area contributed by atoms with E-state index < -0.39 is 17.7 Å². The van der Waals surface area contributed by atoms with Crippen molar-refractivity contribution in [2.45, 2.75) is 31.7 Å². The molecule has 26 heavy (non-hydrogen) atoms. The van der Waals surface area contributed by atoms with E-state index in [9.17, 15) is 18.4 Å². The number of carbonyl (C=O) groups is 2. The van der Waals surface area contributed by atoms with E-state index in [4.69, 9.17) is 0 Å². The molecule has 2 amide bonds. The van der Waals surface area contributed by atoms with Crippen LogP contribution in [0.25, 0.3) is 0 Å². The summed E-state index contributed by atoms with van der Waals surface area (Å²) in [5.41, 5.74) is -0.0372. The molecule has 4 nitrogen and oxygen atoms in total. The van der Waals surface area contributed by atoms with Crippen LogP contribution in [-0.2, 0) is 22.4 Å². The molecule has 0 radical (unpaired) electrons. The minimum Gasteiger partial charge on any atom is -0.354 e. The lowest BCUT2D eigenvalue weighted by molar-refractivity contribution is -0.137. The fourth-order valence-electron chi connectivity index (χ4n) is 3.20. The van der Waals surface area contributed by atoms with Crippen LogP contribution in [0.1, 0.15) is 23.3 Å². The van der Waals surface area contributed by atoms with Gasteiger partial charge in [-0.3, -0.25) is 9.59 Å². The molecule has 1 N–H and O–H groups in total. The van der Waals surface area contributed by atoms with Gasteiger partial charge < -0.3 is 10.2 Å². The summed E-state index contributed by atoms with van der Waals surface area (Å²) in [5.74, 6) is -1.57. The van der Waals surface area contributed by atoms with E-state index in [0.29, 0.717) is 19.4 Å². The highest BCUT2D eigenvalue weighted by Crippen LogP contribution is 2.20. The smallest absolute Gasteiger partial charge is 0.242 e. The number of benzene rings is 1. The molecule has 138 valence electrons. The summed E-state index contributed by atoms with van der Waals surface area (Å²) >= 11 is 1.51. The van der Waals surface area contributed by atoms with Crippen LogP contribution in [0.2, 0.25) is 0 Å². The zero-order chi connectivity index (χ0) is 18.5. The summed E-state index contributed by atoms with van der Waals surface area (Å²) in [7, 11) is 0. The molecule has 2 aromatic rings. The Balaban J connectivity index is 1.54. The van der Waals surface area contributed by atoms with Gasteiger partial charge in [0.25, 0.3) is 0 Å². The van der Waals surface area contributed by atoms with Crippen LogP contribution in [0.4, 0.5) is 8.78 Å². The Morgan fingerprint density at radius 3 is 2.65 bits per heavy atom. The maximum Gasteiger partial charge on any atom is 0.242 e. The van der Waals surface area contributed by atoms with Crippen molar-refractivity contribution < 1.29 is 18.4 Å². The van der Waals surface area contributed by atoms with Crippen LogP contribution >= 0.6 is 11.3 Å². The van der Waals surface area contributed by atoms with E-state index in [-0.39, 0.29) is 30.3 Å². The standard InChI is InChI=1S/C19H20F2N2O2S/c20-15-5-1-6-16(21)14(15)8-9-22-19(25)17-7-2-10-23(17)18(24)12-13-4-3-11-26-13/h1,3-6,11,17H,2,7-10,12H2,(H,22,25). The van der Waals surface area contributed by atoms with Crippen molar-refractivity contribution in [3.63, 3.8) is 0 Å². The van der Waals surface area contributed by atoms with Crippen molar-refractivity contribution in [1.82, 2.24) is 10.2 Å². The Bertz CT molecular complexity index is 760. The summed E-state index contributed by atoms with van der Waals surface area (Å²) in [6.45, 7) is 0.685. The van der Waals surface area contributed by atoms with Crippen LogP contribution in [0, 0.1) is 11.6 Å². The largest absolute Gasteiger partial charge is 0.354 e. The molecule has 0 spiro atoms. The second-order valence-corrected chi connectivity index (χ2v) is 7.27. The summed E-state index contributed by atoms with van der Waals surface area (Å²) in [6, 6.07) is 6.99. The second-order valence-electron chi connectivity index (χ2n) is 6.24. The van der Waals surface area contributed by atoms with Gasteiger partial charge in [-0.05, 0) is 42.8 Å². The van der Waals surface area contributed by atoms with E-state index in [0.717, 1.165) is 11.3 Å². The van der Waals surface area contributed by atoms with Crippen molar-refractivity contribution in [2.75, 3.05) is 13.1 Å². The third kappa shape index (κ3) is 4.27. The van der Waals surface area contributed by atoms with Crippen molar-refractivity contribution in [3.05, 3.63) is 57.8 Å². The first-order valence-corrected chi connectivity index (χ1v) is 9.46. The Kier molecular flexibility index (Phi) is 5.98. The molecule has 0 aliphatic carbocycles. The monoisotopic (exact) mass is 378 g/mol. The molecular formula is C19H20F2N2O2S. The van der Waals surface area contributed by atoms with Gasteiger partial charge in [0, 0.05) is 23.5 Å². The number of hydrogen-bond acceptors (Lipinski definition) is 3. The summed E-state index contributed by atoms with van der Waals surface area (Å²) in [6.07, 6.45) is 1.74. The predicted octanol–water partition coefficient (Wildman–Crippen LogP) is 2.92. The number of nitrogens with one attached hydrogen (secondary N) is 1. The number of hydrogen-bond donors (Lipinski definition) is 1. The molecule has 7 heteroatoms. The average molecular weight is 378 g/mol. The zero-order valence-electron chi connectivity index (χ0n) is 14.2. The molecule has 1 atom stereocenters. The Labute approximate surface area is 154 Å². The number of carbonyl (C=O) groups excluding carboxylic acids is 2. The van der Waals surface area contributed by atoms with Crippen molar-refractivity contribution in [1.29, 1.82) is 0 Å². The van der Waals surface area contributed by atoms with Crippen molar-refractivity contribution in [3.8, 4) is 0 Å². The molecule has 1 aliphatic rings. The maximum absolute atomic E-state index is 13.6. The van der Waals surface area contributed by atoms with E-state index in [1.165, 1.54) is 29.5 Å². The molecule has 0 bridgehead atoms. The van der Waals surface area contributed by atoms with E-state index in [2.05, 4.69) is 5.32 Å². The van der Waals surface area contributed by atoms with Crippen LogP contribution < -0.4 is 5.32 Å². The van der Waals surface area contributed by atoms with Gasteiger partial charge in [-0.1, -0.05) is 12.1 Å². The van der Waals surface area contributed by atoms with E-state index in [1.54, 1.807) is 4.90 Å². The summed E-state index contributed by atoms with van der Waals surface area (Å²) in [4.78, 5) is 27.5. The van der Waals surface area contributed by atoms with Gasteiger partial charge in [-0.2, -0.15) is 0 Å². The molecular weight excluding hydrogens is 358 g/mol. The van der Waals surface area contributed by atoms with Gasteiger partial charge in [0.15, 0.2) is 0 Å². The Hall–Kier alpha value is -2.28. The molecule has 1 aliphatic heterocycles. The van der Waals surface area contributed by atoms with Gasteiger partial charge in [0.05, 0.1) is 6.42 Å². The SMILES string of the molecule is O=C(NCCc1c(F)cccc1F)C1CCCN1C(=O)Cc1cccs1. The molecule has 2 heterocycles. The number of rotatable bonds is 6. The quantitative estimate of drug-likeness (QED) is 0.840. The lowest BCUT2D eigenvalue weighted by Gasteiger charge is -2.24. The fourth-order valence-corrected chi connectivity index (χ4v) is 3.90. The first kappa shape index (κ1) is 18.5. The zero-order valence-corrected chi connectivity index (χ0v) is 15.0. The van der Waals surface area contributed by atoms with Gasteiger partial charge in [-0.15, -0.1) is 11.3 Å². The van der Waals surface area contributed by atoms with Gasteiger partial charge in [-0.25, -0.2) is 8.78 Å². The number of halogens is 2. The molecule has 3 rings (SSSR count). The van der Waals surface area contributed by atoms with Crippen LogP contribution in [0.15, 0.2) is 35.7 Å². The third-order valence-electron chi connectivity index (χ3n) is 4.52. The molecule has 1 fully saturated rings. The minimum absolute atomic E-state index is 0.0372. The summed E-state index contributed by atoms with van der Waals surface area (Å²) in [5, 5.41) is 4.62. The van der Waals surface area contributed by atoms with E-state index in [1.807, 2.05) is 17.5 Å². The van der Waals surface area contributed by atoms with E-state index >= 15 is 0 Å². The molecule has 1 aromatic heterocycles. The predicted molar refractivity (Wildman–Crippen MR) is 95.8 cm³/mol. The maximum atomic E-state index is 13.6. The van der Waals surface area contributed by atoms with Gasteiger partial charge >= 0.3 is 0 Å². The number of nitrogens with zero attached hydrogens (tertiary/aromatic N) is 1. The lowest BCUT2D eigenvalue weighted by Crippen LogP contribution is -2.46. The van der Waals surface area contributed by atoms with Crippen LogP contribution in [0.5, 0.6) is 0 Å². The number of likely N-dealkylation sites (tertiary alicyclic amines) is 1. The average Bonchev–Trinajstić information content (AvgIpc) is 3.28. The molecule has 1 aromatic carbocycles. The van der Waals surface area contributed by atoms with Gasteiger partial charge in [0.2, 0.25) is 11.8 Å². The second kappa shape index (κ2) is 8.40. The topological polar surface area (TPSA) is 49.4 Å². The minimum atomic E-state index is -0.618. The third-order valence-corrected chi connectivity index (χ3v) is 5.39. The highest BCUT2D eigenvalue weighted by molar-refractivity contribution is 7.10. The highest BCUT2D eigenvalue weighted by atomic mass is 32.1. The summed E-state index contributed by atoms with van der Waals surface area (Å²) < 4.78 is 27.2. The lowest BCUT2D eigenvalue weighted by atomic mass is 10.1. The van der Waals surface area contributed by atoms with Gasteiger partial charge in [0.1, 0.15) is 17.7 Å². The Morgan fingerprint density at radius 1 is 1.19 bits per heavy atom. The Morgan fingerprint density at radius 2 is 1.96 bits per heavy atom. The highest BCUT2D eigenvalue weighted by Gasteiger charge is 2.33. The fraction of sp³-hybridized carbons (Fsp3) is 0.368. The number of amides is 2. The van der Waals surface area contributed by atoms with Crippen LogP contribution in [-0.4, -0.2) is 35.8 Å². The normalized spacial score (nSPS) is 16.7. The van der Waals surface area contributed by atoms with Crippen LogP contribution in [0.3, 0.4) is 0 Å².